The predicted octanol–water partition coefficient (Wildman–Crippen LogP) is 3.64. The molecule has 0 unspecified atom stereocenters. The van der Waals surface area contributed by atoms with Crippen molar-refractivity contribution >= 4 is 38.5 Å². The van der Waals surface area contributed by atoms with Gasteiger partial charge in [-0.05, 0) is 39.0 Å². The number of H-pyrrole nitrogens is 1. The highest BCUT2D eigenvalue weighted by Gasteiger charge is 2.17. The summed E-state index contributed by atoms with van der Waals surface area (Å²) in [5.74, 6) is 0. The molecule has 0 atom stereocenters. The summed E-state index contributed by atoms with van der Waals surface area (Å²) in [4.78, 5) is 26.1. The molecule has 0 aliphatic heterocycles. The van der Waals surface area contributed by atoms with Gasteiger partial charge in [-0.3, -0.25) is 10.1 Å². The second-order valence-corrected chi connectivity index (χ2v) is 6.26. The number of carbonyl (C=O) groups excluding carboxylic acids is 1. The number of hydrogen-bond donors (Lipinski definition) is 2. The molecule has 1 aromatic heterocycles. The summed E-state index contributed by atoms with van der Waals surface area (Å²) in [5.41, 5.74) is -0.291. The van der Waals surface area contributed by atoms with Gasteiger partial charge in [-0.15, -0.1) is 0 Å². The van der Waals surface area contributed by atoms with Gasteiger partial charge in [0.15, 0.2) is 0 Å². The molecule has 0 aliphatic rings. The number of aromatic amines is 1. The van der Waals surface area contributed by atoms with E-state index in [1.807, 2.05) is 0 Å². The maximum Gasteiger partial charge on any atom is 0.412 e. The Morgan fingerprint density at radius 2 is 2.00 bits per heavy atom. The number of hydrogen-bond acceptors (Lipinski definition) is 3. The molecule has 1 aromatic carbocycles. The number of benzene rings is 1. The predicted molar refractivity (Wildman–Crippen MR) is 82.1 cm³/mol. The lowest BCUT2D eigenvalue weighted by Gasteiger charge is -2.20. The summed E-state index contributed by atoms with van der Waals surface area (Å²) in [5, 5.41) is 3.79. The van der Waals surface area contributed by atoms with Gasteiger partial charge in [0.25, 0.3) is 5.56 Å². The van der Waals surface area contributed by atoms with E-state index in [4.69, 9.17) is 4.74 Å². The highest BCUT2D eigenvalue weighted by Crippen LogP contribution is 2.24. The zero-order valence-corrected chi connectivity index (χ0v) is 13.0. The van der Waals surface area contributed by atoms with E-state index in [0.29, 0.717) is 16.5 Å². The average molecular weight is 339 g/mol. The Balaban J connectivity index is 2.40. The third-order valence-electron chi connectivity index (χ3n) is 2.50. The van der Waals surface area contributed by atoms with Gasteiger partial charge in [-0.1, -0.05) is 15.9 Å². The van der Waals surface area contributed by atoms with Crippen LogP contribution in [0.15, 0.2) is 33.7 Å². The maximum atomic E-state index is 11.8. The van der Waals surface area contributed by atoms with E-state index in [1.165, 1.54) is 6.20 Å². The summed E-state index contributed by atoms with van der Waals surface area (Å²) in [6.45, 7) is 5.36. The van der Waals surface area contributed by atoms with E-state index in [-0.39, 0.29) is 5.56 Å². The number of halogens is 1. The van der Waals surface area contributed by atoms with E-state index < -0.39 is 11.7 Å². The first kappa shape index (κ1) is 14.6. The molecule has 106 valence electrons. The van der Waals surface area contributed by atoms with Gasteiger partial charge in [0, 0.05) is 21.4 Å². The SMILES string of the molecule is CC(C)(C)OC(=O)Nc1c[nH]c(=O)c2ccc(Br)cc12. The first-order valence-corrected chi connectivity index (χ1v) is 6.86. The number of carbonyl (C=O) groups is 1. The van der Waals surface area contributed by atoms with Gasteiger partial charge in [-0.25, -0.2) is 4.79 Å². The van der Waals surface area contributed by atoms with Gasteiger partial charge >= 0.3 is 6.09 Å². The Labute approximate surface area is 124 Å². The molecular formula is C14H15BrN2O3. The number of rotatable bonds is 1. The van der Waals surface area contributed by atoms with Crippen molar-refractivity contribution in [2.45, 2.75) is 26.4 Å². The van der Waals surface area contributed by atoms with Crippen LogP contribution in [0.25, 0.3) is 10.8 Å². The van der Waals surface area contributed by atoms with Crippen molar-refractivity contribution in [1.82, 2.24) is 4.98 Å². The van der Waals surface area contributed by atoms with Crippen LogP contribution in [-0.2, 0) is 4.74 Å². The molecule has 0 spiro atoms. The molecule has 0 aliphatic carbocycles. The Bertz CT molecular complexity index is 716. The van der Waals surface area contributed by atoms with Crippen molar-refractivity contribution in [3.8, 4) is 0 Å². The van der Waals surface area contributed by atoms with Gasteiger partial charge in [0.05, 0.1) is 5.69 Å². The highest BCUT2D eigenvalue weighted by atomic mass is 79.9. The van der Waals surface area contributed by atoms with E-state index in [1.54, 1.807) is 39.0 Å². The Morgan fingerprint density at radius 1 is 1.30 bits per heavy atom. The van der Waals surface area contributed by atoms with Crippen LogP contribution in [0.5, 0.6) is 0 Å². The molecule has 2 rings (SSSR count). The zero-order valence-electron chi connectivity index (χ0n) is 11.4. The standard InChI is InChI=1S/C14H15BrN2O3/c1-14(2,3)20-13(19)17-11-7-16-12(18)9-5-4-8(15)6-10(9)11/h4-7H,1-3H3,(H,16,18)(H,17,19). The first-order chi connectivity index (χ1) is 9.26. The summed E-state index contributed by atoms with van der Waals surface area (Å²) < 4.78 is 6.02. The molecule has 1 heterocycles. The smallest absolute Gasteiger partial charge is 0.412 e. The van der Waals surface area contributed by atoms with Crippen molar-refractivity contribution < 1.29 is 9.53 Å². The lowest BCUT2D eigenvalue weighted by molar-refractivity contribution is 0.0636. The van der Waals surface area contributed by atoms with E-state index in [2.05, 4.69) is 26.2 Å². The summed E-state index contributed by atoms with van der Waals surface area (Å²) in [6.07, 6.45) is 0.895. The third kappa shape index (κ3) is 3.39. The van der Waals surface area contributed by atoms with Crippen LogP contribution >= 0.6 is 15.9 Å². The van der Waals surface area contributed by atoms with Crippen LogP contribution < -0.4 is 10.9 Å². The van der Waals surface area contributed by atoms with Crippen LogP contribution in [0.2, 0.25) is 0 Å². The molecule has 5 nitrogen and oxygen atoms in total. The van der Waals surface area contributed by atoms with Crippen LogP contribution in [0.1, 0.15) is 20.8 Å². The molecule has 0 bridgehead atoms. The largest absolute Gasteiger partial charge is 0.444 e. The van der Waals surface area contributed by atoms with Crippen molar-refractivity contribution in [3.05, 3.63) is 39.2 Å². The van der Waals surface area contributed by atoms with E-state index >= 15 is 0 Å². The fourth-order valence-corrected chi connectivity index (χ4v) is 2.11. The molecule has 1 amide bonds. The number of aromatic nitrogens is 1. The summed E-state index contributed by atoms with van der Waals surface area (Å²) in [6, 6.07) is 5.24. The second kappa shape index (κ2) is 5.28. The molecule has 0 saturated heterocycles. The highest BCUT2D eigenvalue weighted by molar-refractivity contribution is 9.10. The van der Waals surface area contributed by atoms with Crippen LogP contribution in [0, 0.1) is 0 Å². The minimum absolute atomic E-state index is 0.206. The number of pyridine rings is 1. The molecule has 0 fully saturated rings. The molecule has 0 saturated carbocycles. The molecule has 2 aromatic rings. The zero-order chi connectivity index (χ0) is 14.9. The van der Waals surface area contributed by atoms with Crippen LogP contribution in [-0.4, -0.2) is 16.7 Å². The quantitative estimate of drug-likeness (QED) is 0.833. The lowest BCUT2D eigenvalue weighted by atomic mass is 10.1. The lowest BCUT2D eigenvalue weighted by Crippen LogP contribution is -2.27. The number of ether oxygens (including phenoxy) is 1. The van der Waals surface area contributed by atoms with Crippen molar-refractivity contribution in [3.63, 3.8) is 0 Å². The van der Waals surface area contributed by atoms with Gasteiger partial charge in [0.2, 0.25) is 0 Å². The molecular weight excluding hydrogens is 324 g/mol. The first-order valence-electron chi connectivity index (χ1n) is 6.07. The fraction of sp³-hybridized carbons (Fsp3) is 0.286. The Hall–Kier alpha value is -1.82. The van der Waals surface area contributed by atoms with Crippen molar-refractivity contribution in [2.24, 2.45) is 0 Å². The molecule has 6 heteroatoms. The van der Waals surface area contributed by atoms with Crippen LogP contribution in [0.3, 0.4) is 0 Å². The van der Waals surface area contributed by atoms with Gasteiger partial charge in [0.1, 0.15) is 5.60 Å². The number of anilines is 1. The summed E-state index contributed by atoms with van der Waals surface area (Å²) >= 11 is 3.35. The molecule has 0 radical (unpaired) electrons. The minimum Gasteiger partial charge on any atom is -0.444 e. The number of fused-ring (bicyclic) bond motifs is 1. The number of amides is 1. The normalized spacial score (nSPS) is 11.4. The molecule has 20 heavy (non-hydrogen) atoms. The van der Waals surface area contributed by atoms with Gasteiger partial charge < -0.3 is 9.72 Å². The second-order valence-electron chi connectivity index (χ2n) is 5.35. The monoisotopic (exact) mass is 338 g/mol. The Kier molecular flexibility index (Phi) is 3.85. The molecule has 2 N–H and O–H groups in total. The topological polar surface area (TPSA) is 71.2 Å². The minimum atomic E-state index is -0.581. The fourth-order valence-electron chi connectivity index (χ4n) is 1.75. The van der Waals surface area contributed by atoms with Crippen LogP contribution in [0.4, 0.5) is 10.5 Å². The van der Waals surface area contributed by atoms with Gasteiger partial charge in [-0.2, -0.15) is 0 Å². The average Bonchev–Trinajstić information content (AvgIpc) is 2.30. The maximum absolute atomic E-state index is 11.8. The van der Waals surface area contributed by atoms with Crippen molar-refractivity contribution in [1.29, 1.82) is 0 Å². The summed E-state index contributed by atoms with van der Waals surface area (Å²) in [7, 11) is 0. The van der Waals surface area contributed by atoms with E-state index in [9.17, 15) is 9.59 Å². The third-order valence-corrected chi connectivity index (χ3v) is 2.99. The number of nitrogens with one attached hydrogen (secondary N) is 2. The van der Waals surface area contributed by atoms with Crippen molar-refractivity contribution in [2.75, 3.05) is 5.32 Å². The Morgan fingerprint density at radius 3 is 2.65 bits per heavy atom. The van der Waals surface area contributed by atoms with E-state index in [0.717, 1.165) is 4.47 Å².